The van der Waals surface area contributed by atoms with Crippen LogP contribution in [-0.2, 0) is 19.4 Å². The highest BCUT2D eigenvalue weighted by atomic mass is 32.2. The van der Waals surface area contributed by atoms with Crippen molar-refractivity contribution in [2.24, 2.45) is 0 Å². The van der Waals surface area contributed by atoms with Gasteiger partial charge in [0.05, 0.1) is 18.6 Å². The lowest BCUT2D eigenvalue weighted by Crippen LogP contribution is -2.59. The number of hydrogen-bond acceptors (Lipinski definition) is 6. The van der Waals surface area contributed by atoms with E-state index in [1.165, 1.54) is 7.11 Å². The first-order valence-electron chi connectivity index (χ1n) is 6.63. The number of nitrogens with zero attached hydrogens (tertiary/aromatic N) is 1. The van der Waals surface area contributed by atoms with Gasteiger partial charge in [0.15, 0.2) is 9.84 Å². The van der Waals surface area contributed by atoms with E-state index in [9.17, 15) is 13.2 Å². The molecular formula is C12H22N2O4S. The number of esters is 1. The summed E-state index contributed by atoms with van der Waals surface area (Å²) in [6.45, 7) is 3.30. The van der Waals surface area contributed by atoms with E-state index in [2.05, 4.69) is 5.32 Å². The van der Waals surface area contributed by atoms with Gasteiger partial charge in [0, 0.05) is 25.7 Å². The van der Waals surface area contributed by atoms with Gasteiger partial charge < -0.3 is 4.74 Å². The maximum Gasteiger partial charge on any atom is 0.327 e. The molecule has 1 heterocycles. The first-order chi connectivity index (χ1) is 8.85. The molecule has 2 aliphatic rings. The molecular weight excluding hydrogens is 268 g/mol. The van der Waals surface area contributed by atoms with Crippen molar-refractivity contribution in [2.75, 3.05) is 38.2 Å². The van der Waals surface area contributed by atoms with Crippen molar-refractivity contribution >= 4 is 15.8 Å². The van der Waals surface area contributed by atoms with Crippen LogP contribution in [0.4, 0.5) is 0 Å². The predicted octanol–water partition coefficient (Wildman–Crippen LogP) is -0.599. The minimum Gasteiger partial charge on any atom is -0.468 e. The zero-order chi connectivity index (χ0) is 14.1. The summed E-state index contributed by atoms with van der Waals surface area (Å²) < 4.78 is 27.7. The van der Waals surface area contributed by atoms with Crippen LogP contribution < -0.4 is 5.32 Å². The van der Waals surface area contributed by atoms with Crippen LogP contribution in [0.15, 0.2) is 0 Å². The highest BCUT2D eigenvalue weighted by Gasteiger charge is 2.41. The molecule has 0 amide bonds. The third kappa shape index (κ3) is 3.90. The van der Waals surface area contributed by atoms with Gasteiger partial charge in [-0.2, -0.15) is 0 Å². The zero-order valence-corrected chi connectivity index (χ0v) is 12.3. The van der Waals surface area contributed by atoms with E-state index in [-0.39, 0.29) is 17.5 Å². The van der Waals surface area contributed by atoms with E-state index in [1.807, 2.05) is 11.8 Å². The van der Waals surface area contributed by atoms with Gasteiger partial charge in [-0.1, -0.05) is 0 Å². The number of methoxy groups -OCH3 is 1. The van der Waals surface area contributed by atoms with Crippen molar-refractivity contribution in [3.63, 3.8) is 0 Å². The van der Waals surface area contributed by atoms with E-state index in [4.69, 9.17) is 4.74 Å². The Bertz CT molecular complexity index is 433. The second kappa shape index (κ2) is 5.38. The van der Waals surface area contributed by atoms with Crippen LogP contribution in [0.25, 0.3) is 0 Å². The topological polar surface area (TPSA) is 75.7 Å². The van der Waals surface area contributed by atoms with Gasteiger partial charge in [0.2, 0.25) is 0 Å². The Morgan fingerprint density at radius 2 is 1.95 bits per heavy atom. The summed E-state index contributed by atoms with van der Waals surface area (Å²) in [5.74, 6) is 0.0642. The number of sulfone groups is 1. The maximum absolute atomic E-state index is 12.0. The maximum atomic E-state index is 12.0. The molecule has 1 saturated carbocycles. The van der Waals surface area contributed by atoms with Gasteiger partial charge in [-0.3, -0.25) is 15.0 Å². The van der Waals surface area contributed by atoms with Gasteiger partial charge in [-0.15, -0.1) is 0 Å². The van der Waals surface area contributed by atoms with Crippen LogP contribution in [0, 0.1) is 0 Å². The molecule has 1 aliphatic carbocycles. The second-order valence-corrected chi connectivity index (χ2v) is 7.97. The molecule has 1 atom stereocenters. The van der Waals surface area contributed by atoms with Crippen LogP contribution in [0.3, 0.4) is 0 Å². The molecule has 0 aromatic heterocycles. The molecule has 1 N–H and O–H groups in total. The number of carbonyl (C=O) groups excluding carboxylic acids is 1. The Morgan fingerprint density at radius 1 is 1.37 bits per heavy atom. The Labute approximate surface area is 114 Å². The lowest BCUT2D eigenvalue weighted by Gasteiger charge is -2.36. The average molecular weight is 290 g/mol. The summed E-state index contributed by atoms with van der Waals surface area (Å²) in [6, 6.07) is 0.387. The zero-order valence-electron chi connectivity index (χ0n) is 11.5. The molecule has 0 aromatic rings. The fraction of sp³-hybridized carbons (Fsp3) is 0.917. The first kappa shape index (κ1) is 14.7. The van der Waals surface area contributed by atoms with E-state index < -0.39 is 15.4 Å². The molecule has 0 aromatic carbocycles. The largest absolute Gasteiger partial charge is 0.468 e. The number of hydrogen-bond donors (Lipinski definition) is 1. The molecule has 1 aliphatic heterocycles. The Balaban J connectivity index is 1.97. The predicted molar refractivity (Wildman–Crippen MR) is 71.7 cm³/mol. The minimum absolute atomic E-state index is 0.174. The van der Waals surface area contributed by atoms with Crippen molar-refractivity contribution in [1.29, 1.82) is 0 Å². The van der Waals surface area contributed by atoms with Crippen molar-refractivity contribution < 1.29 is 17.9 Å². The summed E-state index contributed by atoms with van der Waals surface area (Å²) in [5.41, 5.74) is -0.753. The van der Waals surface area contributed by atoms with Crippen molar-refractivity contribution in [2.45, 2.75) is 31.3 Å². The molecule has 7 heteroatoms. The van der Waals surface area contributed by atoms with E-state index in [0.29, 0.717) is 25.7 Å². The minimum atomic E-state index is -2.89. The quantitative estimate of drug-likeness (QED) is 0.682. The highest BCUT2D eigenvalue weighted by Crippen LogP contribution is 2.24. The van der Waals surface area contributed by atoms with Crippen LogP contribution in [0.2, 0.25) is 0 Å². The number of rotatable bonds is 5. The van der Waals surface area contributed by atoms with Crippen molar-refractivity contribution in [3.05, 3.63) is 0 Å². The molecule has 0 spiro atoms. The second-order valence-electron chi connectivity index (χ2n) is 5.67. The van der Waals surface area contributed by atoms with Crippen molar-refractivity contribution in [3.8, 4) is 0 Å². The third-order valence-electron chi connectivity index (χ3n) is 3.71. The lowest BCUT2D eigenvalue weighted by molar-refractivity contribution is -0.148. The summed E-state index contributed by atoms with van der Waals surface area (Å²) in [4.78, 5) is 14.0. The smallest absolute Gasteiger partial charge is 0.327 e. The molecule has 110 valence electrons. The Kier molecular flexibility index (Phi) is 4.17. The number of ether oxygens (including phenoxy) is 1. The number of carbonyl (C=O) groups is 1. The van der Waals surface area contributed by atoms with Gasteiger partial charge in [0.25, 0.3) is 0 Å². The number of nitrogens with one attached hydrogen (secondary N) is 1. The molecule has 1 saturated heterocycles. The van der Waals surface area contributed by atoms with E-state index in [0.717, 1.165) is 12.8 Å². The Hall–Kier alpha value is -0.660. The molecule has 0 radical (unpaired) electrons. The first-order valence-corrected chi connectivity index (χ1v) is 8.46. The molecule has 19 heavy (non-hydrogen) atoms. The molecule has 2 rings (SSSR count). The lowest BCUT2D eigenvalue weighted by atomic mass is 10.0. The summed E-state index contributed by atoms with van der Waals surface area (Å²) in [5, 5.41) is 3.32. The molecule has 2 fully saturated rings. The van der Waals surface area contributed by atoms with E-state index >= 15 is 0 Å². The molecule has 6 nitrogen and oxygen atoms in total. The van der Waals surface area contributed by atoms with Gasteiger partial charge in [-0.25, -0.2) is 8.42 Å². The fourth-order valence-electron chi connectivity index (χ4n) is 2.43. The molecule has 0 bridgehead atoms. The summed E-state index contributed by atoms with van der Waals surface area (Å²) in [6.07, 6.45) is 2.17. The van der Waals surface area contributed by atoms with E-state index in [1.54, 1.807) is 0 Å². The van der Waals surface area contributed by atoms with Crippen LogP contribution >= 0.6 is 0 Å². The van der Waals surface area contributed by atoms with Crippen molar-refractivity contribution in [1.82, 2.24) is 10.2 Å². The fourth-order valence-corrected chi connectivity index (χ4v) is 3.71. The highest BCUT2D eigenvalue weighted by molar-refractivity contribution is 7.91. The van der Waals surface area contributed by atoms with Crippen LogP contribution in [0.5, 0.6) is 0 Å². The Morgan fingerprint density at radius 3 is 2.42 bits per heavy atom. The standard InChI is InChI=1S/C12H22N2O4S/c1-12(11(15)18-2,13-10-3-4-10)9-14-5-7-19(16,17)8-6-14/h10,13H,3-9H2,1-2H3. The summed E-state index contributed by atoms with van der Waals surface area (Å²) >= 11 is 0. The SMILES string of the molecule is COC(=O)C(C)(CN1CCS(=O)(=O)CC1)NC1CC1. The summed E-state index contributed by atoms with van der Waals surface area (Å²) in [7, 11) is -1.50. The molecule has 1 unspecified atom stereocenters. The average Bonchev–Trinajstić information content (AvgIpc) is 3.14. The van der Waals surface area contributed by atoms with Crippen LogP contribution in [-0.4, -0.2) is 69.1 Å². The van der Waals surface area contributed by atoms with Gasteiger partial charge in [-0.05, 0) is 19.8 Å². The van der Waals surface area contributed by atoms with Gasteiger partial charge >= 0.3 is 5.97 Å². The monoisotopic (exact) mass is 290 g/mol. The normalized spacial score (nSPS) is 26.6. The van der Waals surface area contributed by atoms with Gasteiger partial charge in [0.1, 0.15) is 5.54 Å². The van der Waals surface area contributed by atoms with Crippen LogP contribution in [0.1, 0.15) is 19.8 Å². The third-order valence-corrected chi connectivity index (χ3v) is 5.32.